The van der Waals surface area contributed by atoms with Gasteiger partial charge in [-0.2, -0.15) is 6.07 Å². The molecule has 0 aliphatic heterocycles. The first-order valence-electron chi connectivity index (χ1n) is 9.77. The van der Waals surface area contributed by atoms with Crippen molar-refractivity contribution in [2.75, 3.05) is 0 Å². The number of hydrogen-bond acceptors (Lipinski definition) is 5. The maximum absolute atomic E-state index is 10.1. The molecule has 0 fully saturated rings. The van der Waals surface area contributed by atoms with Crippen molar-refractivity contribution in [1.29, 1.82) is 0 Å². The zero-order valence-corrected chi connectivity index (χ0v) is 18.8. The number of pyridine rings is 1. The average molecular weight is 598 g/mol. The third-order valence-electron chi connectivity index (χ3n) is 5.18. The van der Waals surface area contributed by atoms with Crippen LogP contribution in [0.1, 0.15) is 0 Å². The zero-order chi connectivity index (χ0) is 20.8. The molecule has 158 valence electrons. The number of para-hydroxylation sites is 2. The summed E-state index contributed by atoms with van der Waals surface area (Å²) in [6.45, 7) is 0. The standard InChI is InChI=1S/C25H15N4O2.Pt/c30-22-9-5-7-19-25(22)28-24(15-27-19)31-16-11-12-18-17-6-1-2-8-20(17)29(21(18)14-16)23-10-3-4-13-26-23;/h1-13,15,30H;/q-1;. The number of nitrogens with zero attached hydrogens (tertiary/aromatic N) is 4. The second-order valence-electron chi connectivity index (χ2n) is 7.08. The van der Waals surface area contributed by atoms with Crippen molar-refractivity contribution in [1.82, 2.24) is 19.5 Å². The number of phenolic OH excluding ortho intramolecular Hbond substituents is 1. The van der Waals surface area contributed by atoms with Gasteiger partial charge in [0.15, 0.2) is 0 Å². The Bertz CT molecular complexity index is 1580. The summed E-state index contributed by atoms with van der Waals surface area (Å²) in [5.74, 6) is 1.64. The van der Waals surface area contributed by atoms with E-state index in [2.05, 4.69) is 37.7 Å². The number of benzene rings is 3. The van der Waals surface area contributed by atoms with Gasteiger partial charge >= 0.3 is 0 Å². The molecule has 3 heterocycles. The van der Waals surface area contributed by atoms with Crippen LogP contribution in [0.5, 0.6) is 17.4 Å². The van der Waals surface area contributed by atoms with Crippen LogP contribution in [-0.2, 0) is 21.1 Å². The summed E-state index contributed by atoms with van der Waals surface area (Å²) in [6.07, 6.45) is 3.31. The second kappa shape index (κ2) is 8.06. The SMILES string of the molecule is Oc1cccc2ncc(Oc3[c-]c4c(cc3)c3ccccc3n4-c3ccccn3)nc12.[Pt]. The molecule has 0 amide bonds. The van der Waals surface area contributed by atoms with Crippen LogP contribution in [-0.4, -0.2) is 24.6 Å². The smallest absolute Gasteiger partial charge is 0.236 e. The van der Waals surface area contributed by atoms with Crippen molar-refractivity contribution in [2.45, 2.75) is 0 Å². The predicted octanol–water partition coefficient (Wildman–Crippen LogP) is 5.42. The van der Waals surface area contributed by atoms with Gasteiger partial charge in [0.25, 0.3) is 0 Å². The Morgan fingerprint density at radius 2 is 1.72 bits per heavy atom. The van der Waals surface area contributed by atoms with E-state index in [1.54, 1.807) is 24.4 Å². The van der Waals surface area contributed by atoms with Gasteiger partial charge in [0.05, 0.1) is 11.7 Å². The quantitative estimate of drug-likeness (QED) is 0.276. The van der Waals surface area contributed by atoms with E-state index in [-0.39, 0.29) is 32.7 Å². The monoisotopic (exact) mass is 598 g/mol. The predicted molar refractivity (Wildman–Crippen MR) is 119 cm³/mol. The molecule has 3 aromatic heterocycles. The summed E-state index contributed by atoms with van der Waals surface area (Å²) < 4.78 is 8.03. The van der Waals surface area contributed by atoms with Crippen LogP contribution >= 0.6 is 0 Å². The van der Waals surface area contributed by atoms with Gasteiger partial charge in [-0.05, 0) is 35.7 Å². The van der Waals surface area contributed by atoms with Crippen molar-refractivity contribution in [2.24, 2.45) is 0 Å². The third kappa shape index (κ3) is 3.29. The van der Waals surface area contributed by atoms with Gasteiger partial charge in [-0.3, -0.25) is 0 Å². The van der Waals surface area contributed by atoms with Crippen LogP contribution in [0.25, 0.3) is 38.7 Å². The molecule has 0 radical (unpaired) electrons. The molecule has 6 rings (SSSR count). The number of aromatic nitrogens is 4. The molecule has 0 aliphatic carbocycles. The van der Waals surface area contributed by atoms with E-state index in [1.165, 1.54) is 6.20 Å². The van der Waals surface area contributed by atoms with Gasteiger partial charge in [-0.15, -0.1) is 17.5 Å². The van der Waals surface area contributed by atoms with Crippen LogP contribution in [0.4, 0.5) is 0 Å². The summed E-state index contributed by atoms with van der Waals surface area (Å²) in [4.78, 5) is 13.3. The third-order valence-corrected chi connectivity index (χ3v) is 5.18. The Balaban J connectivity index is 0.00000216. The molecule has 0 spiro atoms. The fraction of sp³-hybridized carbons (Fsp3) is 0. The number of fused-ring (bicyclic) bond motifs is 4. The Morgan fingerprint density at radius 3 is 2.59 bits per heavy atom. The van der Waals surface area contributed by atoms with Gasteiger partial charge in [-0.1, -0.05) is 35.8 Å². The number of rotatable bonds is 3. The first-order chi connectivity index (χ1) is 15.3. The Morgan fingerprint density at radius 1 is 0.844 bits per heavy atom. The van der Waals surface area contributed by atoms with E-state index in [0.717, 1.165) is 27.6 Å². The molecule has 1 N–H and O–H groups in total. The van der Waals surface area contributed by atoms with E-state index in [9.17, 15) is 5.11 Å². The number of hydrogen-bond donors (Lipinski definition) is 1. The molecule has 0 saturated heterocycles. The molecular formula is C25H15N4O2Pt-. The summed E-state index contributed by atoms with van der Waals surface area (Å²) in [7, 11) is 0. The molecule has 6 aromatic rings. The number of ether oxygens (including phenoxy) is 1. The minimum absolute atomic E-state index is 0. The fourth-order valence-corrected chi connectivity index (χ4v) is 3.82. The van der Waals surface area contributed by atoms with Crippen molar-refractivity contribution < 1.29 is 30.9 Å². The van der Waals surface area contributed by atoms with E-state index >= 15 is 0 Å². The van der Waals surface area contributed by atoms with E-state index in [4.69, 9.17) is 4.74 Å². The summed E-state index contributed by atoms with van der Waals surface area (Å²) >= 11 is 0. The summed E-state index contributed by atoms with van der Waals surface area (Å²) in [5.41, 5.74) is 2.89. The Hall–Kier alpha value is -3.76. The van der Waals surface area contributed by atoms with Crippen LogP contribution in [0.3, 0.4) is 0 Å². The molecule has 0 saturated carbocycles. The first-order valence-corrected chi connectivity index (χ1v) is 9.77. The molecule has 0 bridgehead atoms. The van der Waals surface area contributed by atoms with E-state index in [0.29, 0.717) is 16.8 Å². The van der Waals surface area contributed by atoms with Crippen LogP contribution < -0.4 is 4.74 Å². The van der Waals surface area contributed by atoms with Crippen LogP contribution in [0.15, 0.2) is 85.2 Å². The van der Waals surface area contributed by atoms with Gasteiger partial charge in [0, 0.05) is 38.5 Å². The van der Waals surface area contributed by atoms with Crippen molar-refractivity contribution in [3.05, 3.63) is 91.3 Å². The fourth-order valence-electron chi connectivity index (χ4n) is 3.82. The molecule has 3 aromatic carbocycles. The van der Waals surface area contributed by atoms with Gasteiger partial charge in [0.1, 0.15) is 17.1 Å². The average Bonchev–Trinajstić information content (AvgIpc) is 3.14. The molecule has 32 heavy (non-hydrogen) atoms. The summed E-state index contributed by atoms with van der Waals surface area (Å²) in [5, 5.41) is 12.2. The van der Waals surface area contributed by atoms with Crippen LogP contribution in [0, 0.1) is 6.07 Å². The van der Waals surface area contributed by atoms with Gasteiger partial charge < -0.3 is 14.4 Å². The minimum Gasteiger partial charge on any atom is -0.506 e. The molecule has 0 atom stereocenters. The van der Waals surface area contributed by atoms with Gasteiger partial charge in [-0.25, -0.2) is 15.0 Å². The van der Waals surface area contributed by atoms with E-state index in [1.807, 2.05) is 42.5 Å². The number of phenols is 1. The number of aromatic hydroxyl groups is 1. The van der Waals surface area contributed by atoms with Crippen molar-refractivity contribution in [3.8, 4) is 23.2 Å². The second-order valence-corrected chi connectivity index (χ2v) is 7.08. The zero-order valence-electron chi connectivity index (χ0n) is 16.5. The van der Waals surface area contributed by atoms with E-state index < -0.39 is 0 Å². The normalized spacial score (nSPS) is 11.0. The minimum atomic E-state index is 0. The molecule has 0 aliphatic rings. The Kier molecular flexibility index (Phi) is 5.08. The molecule has 7 heteroatoms. The van der Waals surface area contributed by atoms with Crippen molar-refractivity contribution >= 4 is 32.8 Å². The maximum Gasteiger partial charge on any atom is 0.236 e. The van der Waals surface area contributed by atoms with Gasteiger partial charge in [0.2, 0.25) is 5.88 Å². The van der Waals surface area contributed by atoms with Crippen LogP contribution in [0.2, 0.25) is 0 Å². The topological polar surface area (TPSA) is 73.1 Å². The largest absolute Gasteiger partial charge is 0.506 e. The van der Waals surface area contributed by atoms with Crippen molar-refractivity contribution in [3.63, 3.8) is 0 Å². The summed E-state index contributed by atoms with van der Waals surface area (Å²) in [6, 6.07) is 26.3. The molecular weight excluding hydrogens is 583 g/mol. The first kappa shape index (κ1) is 20.2. The Labute approximate surface area is 197 Å². The molecule has 6 nitrogen and oxygen atoms in total. The maximum atomic E-state index is 10.1. The molecule has 0 unspecified atom stereocenters.